The lowest BCUT2D eigenvalue weighted by Crippen LogP contribution is -2.48. The van der Waals surface area contributed by atoms with Crippen molar-refractivity contribution in [3.63, 3.8) is 0 Å². The first kappa shape index (κ1) is 10.4. The summed E-state index contributed by atoms with van der Waals surface area (Å²) in [7, 11) is 0. The van der Waals surface area contributed by atoms with Crippen molar-refractivity contribution in [3.8, 4) is 0 Å². The second-order valence-electron chi connectivity index (χ2n) is 4.90. The van der Waals surface area contributed by atoms with E-state index in [-0.39, 0.29) is 18.0 Å². The van der Waals surface area contributed by atoms with Gasteiger partial charge in [0, 0.05) is 13.0 Å². The van der Waals surface area contributed by atoms with Crippen LogP contribution in [0.15, 0.2) is 0 Å². The minimum Gasteiger partial charge on any atom is -0.373 e. The van der Waals surface area contributed by atoms with E-state index >= 15 is 0 Å². The Morgan fingerprint density at radius 2 is 2.14 bits per heavy atom. The summed E-state index contributed by atoms with van der Waals surface area (Å²) < 4.78 is 17.2. The van der Waals surface area contributed by atoms with Gasteiger partial charge >= 0.3 is 0 Å². The number of hydrogen-bond acceptors (Lipinski definition) is 3. The van der Waals surface area contributed by atoms with Gasteiger partial charge in [0.15, 0.2) is 5.79 Å². The van der Waals surface area contributed by atoms with E-state index in [1.54, 1.807) is 0 Å². The predicted molar refractivity (Wildman–Crippen MR) is 53.0 cm³/mol. The topological polar surface area (TPSA) is 27.7 Å². The average molecular weight is 200 g/mol. The zero-order valence-corrected chi connectivity index (χ0v) is 9.29. The molecule has 0 saturated carbocycles. The quantitative estimate of drug-likeness (QED) is 0.682. The van der Waals surface area contributed by atoms with Gasteiger partial charge in [0.25, 0.3) is 0 Å². The van der Waals surface area contributed by atoms with Crippen LogP contribution in [-0.2, 0) is 14.2 Å². The number of ether oxygens (including phenoxy) is 3. The fourth-order valence-electron chi connectivity index (χ4n) is 2.38. The van der Waals surface area contributed by atoms with Crippen LogP contribution >= 0.6 is 0 Å². The van der Waals surface area contributed by atoms with Crippen molar-refractivity contribution < 1.29 is 14.2 Å². The van der Waals surface area contributed by atoms with Crippen molar-refractivity contribution in [2.45, 2.75) is 51.6 Å². The molecule has 0 aromatic heterocycles. The summed E-state index contributed by atoms with van der Waals surface area (Å²) in [6, 6.07) is 0. The summed E-state index contributed by atoms with van der Waals surface area (Å²) in [5.41, 5.74) is 0. The molecule has 0 bridgehead atoms. The molecule has 2 aliphatic heterocycles. The molecule has 2 aliphatic rings. The first-order valence-electron chi connectivity index (χ1n) is 5.52. The lowest BCUT2D eigenvalue weighted by Gasteiger charge is -2.40. The van der Waals surface area contributed by atoms with Crippen LogP contribution in [0.1, 0.15) is 33.6 Å². The van der Waals surface area contributed by atoms with Gasteiger partial charge in [-0.1, -0.05) is 13.8 Å². The van der Waals surface area contributed by atoms with Crippen molar-refractivity contribution in [2.75, 3.05) is 13.2 Å². The highest BCUT2D eigenvalue weighted by Gasteiger charge is 2.42. The molecule has 0 aliphatic carbocycles. The SMILES string of the molecule is CC(C)CC1(C)OCC2OCCC2O1. The van der Waals surface area contributed by atoms with Gasteiger partial charge in [-0.3, -0.25) is 0 Å². The molecule has 2 rings (SSSR count). The normalized spacial score (nSPS) is 42.9. The molecule has 0 radical (unpaired) electrons. The van der Waals surface area contributed by atoms with E-state index in [9.17, 15) is 0 Å². The maximum atomic E-state index is 5.96. The van der Waals surface area contributed by atoms with Crippen molar-refractivity contribution >= 4 is 0 Å². The summed E-state index contributed by atoms with van der Waals surface area (Å²) in [5, 5.41) is 0. The highest BCUT2D eigenvalue weighted by atomic mass is 16.7. The van der Waals surface area contributed by atoms with E-state index in [1.807, 2.05) is 6.92 Å². The molecule has 14 heavy (non-hydrogen) atoms. The van der Waals surface area contributed by atoms with Crippen LogP contribution in [0.4, 0.5) is 0 Å². The summed E-state index contributed by atoms with van der Waals surface area (Å²) in [6.45, 7) is 7.93. The Kier molecular flexibility index (Phi) is 2.82. The standard InChI is InChI=1S/C11H20O3/c1-8(2)6-11(3)13-7-10-9(14-11)4-5-12-10/h8-10H,4-7H2,1-3H3. The van der Waals surface area contributed by atoms with E-state index in [4.69, 9.17) is 14.2 Å². The molecule has 82 valence electrons. The third kappa shape index (κ3) is 2.10. The molecule has 0 spiro atoms. The maximum Gasteiger partial charge on any atom is 0.166 e. The second-order valence-corrected chi connectivity index (χ2v) is 4.90. The summed E-state index contributed by atoms with van der Waals surface area (Å²) in [6.07, 6.45) is 2.40. The Bertz CT molecular complexity index is 205. The minimum atomic E-state index is -0.386. The van der Waals surface area contributed by atoms with Crippen LogP contribution in [0.25, 0.3) is 0 Å². The van der Waals surface area contributed by atoms with Crippen molar-refractivity contribution in [1.29, 1.82) is 0 Å². The van der Waals surface area contributed by atoms with Crippen molar-refractivity contribution in [3.05, 3.63) is 0 Å². The molecule has 3 nitrogen and oxygen atoms in total. The Balaban J connectivity index is 1.95. The zero-order chi connectivity index (χ0) is 10.2. The Labute approximate surface area is 85.7 Å². The molecule has 0 N–H and O–H groups in total. The molecule has 2 fully saturated rings. The summed E-state index contributed by atoms with van der Waals surface area (Å²) in [5.74, 6) is 0.210. The molecule has 2 saturated heterocycles. The third-order valence-corrected chi connectivity index (χ3v) is 2.88. The highest BCUT2D eigenvalue weighted by Crippen LogP contribution is 2.33. The average Bonchev–Trinajstić information content (AvgIpc) is 2.48. The van der Waals surface area contributed by atoms with Gasteiger partial charge in [0.05, 0.1) is 12.7 Å². The maximum absolute atomic E-state index is 5.96. The van der Waals surface area contributed by atoms with E-state index in [1.165, 1.54) is 0 Å². The lowest BCUT2D eigenvalue weighted by atomic mass is 10.0. The largest absolute Gasteiger partial charge is 0.373 e. The van der Waals surface area contributed by atoms with Gasteiger partial charge in [-0.2, -0.15) is 0 Å². The van der Waals surface area contributed by atoms with Crippen molar-refractivity contribution in [1.82, 2.24) is 0 Å². The molecule has 2 heterocycles. The van der Waals surface area contributed by atoms with Crippen LogP contribution in [0.3, 0.4) is 0 Å². The molecule has 3 atom stereocenters. The van der Waals surface area contributed by atoms with Gasteiger partial charge in [0.2, 0.25) is 0 Å². The number of hydrogen-bond donors (Lipinski definition) is 0. The smallest absolute Gasteiger partial charge is 0.166 e. The first-order chi connectivity index (χ1) is 6.59. The lowest BCUT2D eigenvalue weighted by molar-refractivity contribution is -0.307. The van der Waals surface area contributed by atoms with E-state index in [0.29, 0.717) is 12.5 Å². The molecular weight excluding hydrogens is 180 g/mol. The van der Waals surface area contributed by atoms with Crippen molar-refractivity contribution in [2.24, 2.45) is 5.92 Å². The Morgan fingerprint density at radius 1 is 1.36 bits per heavy atom. The van der Waals surface area contributed by atoms with E-state index in [2.05, 4.69) is 13.8 Å². The molecule has 3 unspecified atom stereocenters. The van der Waals surface area contributed by atoms with E-state index < -0.39 is 0 Å². The highest BCUT2D eigenvalue weighted by molar-refractivity contribution is 4.84. The second kappa shape index (κ2) is 3.80. The minimum absolute atomic E-state index is 0.176. The predicted octanol–water partition coefficient (Wildman–Crippen LogP) is 1.95. The first-order valence-corrected chi connectivity index (χ1v) is 5.52. The Morgan fingerprint density at radius 3 is 2.86 bits per heavy atom. The molecular formula is C11H20O3. The molecule has 0 amide bonds. The molecule has 3 heteroatoms. The van der Waals surface area contributed by atoms with Gasteiger partial charge in [0.1, 0.15) is 6.10 Å². The van der Waals surface area contributed by atoms with Gasteiger partial charge < -0.3 is 14.2 Å². The van der Waals surface area contributed by atoms with E-state index in [0.717, 1.165) is 19.4 Å². The van der Waals surface area contributed by atoms with Crippen LogP contribution < -0.4 is 0 Å². The van der Waals surface area contributed by atoms with Crippen LogP contribution in [0.5, 0.6) is 0 Å². The molecule has 0 aromatic rings. The van der Waals surface area contributed by atoms with Gasteiger partial charge in [-0.05, 0) is 19.3 Å². The summed E-state index contributed by atoms with van der Waals surface area (Å²) in [4.78, 5) is 0. The van der Waals surface area contributed by atoms with Gasteiger partial charge in [-0.15, -0.1) is 0 Å². The van der Waals surface area contributed by atoms with Crippen LogP contribution in [-0.4, -0.2) is 31.2 Å². The monoisotopic (exact) mass is 200 g/mol. The zero-order valence-electron chi connectivity index (χ0n) is 9.29. The third-order valence-electron chi connectivity index (χ3n) is 2.88. The molecule has 0 aromatic carbocycles. The van der Waals surface area contributed by atoms with Gasteiger partial charge in [-0.25, -0.2) is 0 Å². The van der Waals surface area contributed by atoms with Crippen LogP contribution in [0.2, 0.25) is 0 Å². The summed E-state index contributed by atoms with van der Waals surface area (Å²) >= 11 is 0. The van der Waals surface area contributed by atoms with Crippen LogP contribution in [0, 0.1) is 5.92 Å². The fraction of sp³-hybridized carbons (Fsp3) is 1.00. The Hall–Kier alpha value is -0.120. The number of fused-ring (bicyclic) bond motifs is 1. The fourth-order valence-corrected chi connectivity index (χ4v) is 2.38. The number of rotatable bonds is 2.